The highest BCUT2D eigenvalue weighted by molar-refractivity contribution is 6.32. The number of hydrogen-bond acceptors (Lipinski definition) is 3. The van der Waals surface area contributed by atoms with Crippen LogP contribution in [0.1, 0.15) is 0 Å². The van der Waals surface area contributed by atoms with Crippen LogP contribution in [0.2, 0.25) is 0 Å². The number of para-hydroxylation sites is 3. The van der Waals surface area contributed by atoms with Crippen molar-refractivity contribution in [1.29, 1.82) is 0 Å². The molecule has 0 bridgehead atoms. The summed E-state index contributed by atoms with van der Waals surface area (Å²) >= 11 is 0. The van der Waals surface area contributed by atoms with Crippen LogP contribution in [-0.2, 0) is 0 Å². The van der Waals surface area contributed by atoms with Crippen LogP contribution in [0.5, 0.6) is 0 Å². The van der Waals surface area contributed by atoms with Gasteiger partial charge in [-0.2, -0.15) is 0 Å². The summed E-state index contributed by atoms with van der Waals surface area (Å²) in [5.41, 5.74) is 12.2. The number of aromatic nitrogens is 4. The van der Waals surface area contributed by atoms with Crippen LogP contribution in [0.25, 0.3) is 121 Å². The number of benzene rings is 9. The maximum absolute atomic E-state index is 6.88. The molecule has 0 saturated heterocycles. The average molecular weight is 753 g/mol. The molecule has 5 nitrogen and oxygen atoms in total. The average Bonchev–Trinajstić information content (AvgIpc) is 3.97. The van der Waals surface area contributed by atoms with Crippen LogP contribution < -0.4 is 0 Å². The molecule has 0 amide bonds. The van der Waals surface area contributed by atoms with Gasteiger partial charge in [-0.3, -0.25) is 4.57 Å². The zero-order valence-electron chi connectivity index (χ0n) is 31.7. The Balaban J connectivity index is 1.17. The molecule has 0 aliphatic rings. The minimum Gasteiger partial charge on any atom is -0.455 e. The molecule has 9 aromatic carbocycles. The van der Waals surface area contributed by atoms with Crippen molar-refractivity contribution in [2.75, 3.05) is 0 Å². The molecule has 4 aromatic heterocycles. The molecule has 0 aliphatic carbocycles. The Morgan fingerprint density at radius 3 is 1.92 bits per heavy atom. The van der Waals surface area contributed by atoms with Crippen molar-refractivity contribution < 1.29 is 4.42 Å². The lowest BCUT2D eigenvalue weighted by atomic mass is 10.0. The Morgan fingerprint density at radius 1 is 0.390 bits per heavy atom. The Labute approximate surface area is 337 Å². The van der Waals surface area contributed by atoms with Gasteiger partial charge in [0.2, 0.25) is 5.95 Å². The number of furan rings is 1. The van der Waals surface area contributed by atoms with Crippen LogP contribution >= 0.6 is 0 Å². The molecule has 0 unspecified atom stereocenters. The summed E-state index contributed by atoms with van der Waals surface area (Å²) in [5, 5.41) is 10.0. The van der Waals surface area contributed by atoms with E-state index in [4.69, 9.17) is 14.4 Å². The molecule has 0 saturated carbocycles. The Kier molecular flexibility index (Phi) is 6.66. The van der Waals surface area contributed by atoms with E-state index in [1.54, 1.807) is 0 Å². The minimum absolute atomic E-state index is 0.618. The molecule has 0 aliphatic heterocycles. The second kappa shape index (κ2) is 12.2. The third kappa shape index (κ3) is 4.67. The topological polar surface area (TPSA) is 48.8 Å². The number of nitrogens with zero attached hydrogens (tertiary/aromatic N) is 4. The molecule has 274 valence electrons. The van der Waals surface area contributed by atoms with Gasteiger partial charge in [-0.1, -0.05) is 146 Å². The third-order valence-electron chi connectivity index (χ3n) is 12.1. The second-order valence-electron chi connectivity index (χ2n) is 15.3. The molecule has 5 heteroatoms. The molecule has 4 heterocycles. The van der Waals surface area contributed by atoms with Crippen LogP contribution in [0.15, 0.2) is 199 Å². The van der Waals surface area contributed by atoms with E-state index in [1.807, 2.05) is 6.07 Å². The zero-order valence-corrected chi connectivity index (χ0v) is 31.7. The van der Waals surface area contributed by atoms with Gasteiger partial charge in [-0.25, -0.2) is 9.97 Å². The second-order valence-corrected chi connectivity index (χ2v) is 15.3. The molecule has 0 atom stereocenters. The van der Waals surface area contributed by atoms with Crippen molar-refractivity contribution in [3.63, 3.8) is 0 Å². The smallest absolute Gasteiger partial charge is 0.235 e. The molecule has 0 radical (unpaired) electrons. The predicted octanol–water partition coefficient (Wildman–Crippen LogP) is 14.2. The molecular formula is C54H32N4O. The highest BCUT2D eigenvalue weighted by Gasteiger charge is 2.25. The van der Waals surface area contributed by atoms with Gasteiger partial charge in [0.05, 0.1) is 38.7 Å². The predicted molar refractivity (Wildman–Crippen MR) is 244 cm³/mol. The summed E-state index contributed by atoms with van der Waals surface area (Å²) in [6.07, 6.45) is 0. The molecule has 13 rings (SSSR count). The van der Waals surface area contributed by atoms with E-state index >= 15 is 0 Å². The largest absolute Gasteiger partial charge is 0.455 e. The van der Waals surface area contributed by atoms with Crippen LogP contribution in [0.3, 0.4) is 0 Å². The van der Waals surface area contributed by atoms with E-state index in [9.17, 15) is 0 Å². The lowest BCUT2D eigenvalue weighted by molar-refractivity contribution is 0.673. The fourth-order valence-electron chi connectivity index (χ4n) is 9.45. The summed E-state index contributed by atoms with van der Waals surface area (Å²) in [7, 11) is 0. The summed E-state index contributed by atoms with van der Waals surface area (Å²) < 4.78 is 11.6. The van der Waals surface area contributed by atoms with Crippen molar-refractivity contribution in [3.05, 3.63) is 194 Å². The molecular weight excluding hydrogens is 721 g/mol. The van der Waals surface area contributed by atoms with Crippen molar-refractivity contribution >= 4 is 87.2 Å². The van der Waals surface area contributed by atoms with Gasteiger partial charge in [0.1, 0.15) is 11.2 Å². The summed E-state index contributed by atoms with van der Waals surface area (Å²) in [4.78, 5) is 10.9. The van der Waals surface area contributed by atoms with E-state index in [-0.39, 0.29) is 0 Å². The molecule has 59 heavy (non-hydrogen) atoms. The van der Waals surface area contributed by atoms with Gasteiger partial charge < -0.3 is 8.98 Å². The Bertz CT molecular complexity index is 3830. The van der Waals surface area contributed by atoms with Gasteiger partial charge in [0.25, 0.3) is 0 Å². The van der Waals surface area contributed by atoms with E-state index in [2.05, 4.69) is 197 Å². The summed E-state index contributed by atoms with van der Waals surface area (Å²) in [6, 6.07) is 68.8. The maximum atomic E-state index is 6.88. The van der Waals surface area contributed by atoms with Gasteiger partial charge in [0, 0.05) is 43.6 Å². The standard InChI is InChI=1S/C54H32N4O/c1-2-12-33(13-3-1)35-22-24-36(25-23-35)51-43-18-6-9-19-44(43)55-54(56-51)58-45-20-10-7-16-39(45)41-28-30-46-49(52(41)58)50-47(31-29-42-40-17-8-11-21-48(40)59-53(42)50)57(46)38-27-26-34-14-4-5-15-37(34)32-38/h1-32H. The molecule has 13 aromatic rings. The number of rotatable bonds is 4. The monoisotopic (exact) mass is 752 g/mol. The van der Waals surface area contributed by atoms with Crippen LogP contribution in [0.4, 0.5) is 0 Å². The Hall–Kier alpha value is -8.02. The van der Waals surface area contributed by atoms with E-state index in [1.165, 1.54) is 16.3 Å². The van der Waals surface area contributed by atoms with Gasteiger partial charge in [0.15, 0.2) is 0 Å². The SMILES string of the molecule is c1ccc(-c2ccc(-c3nc(-n4c5ccccc5c5ccc6c(c7c8oc9ccccc9c8ccc7n6-c6ccc7ccccc7c6)c54)nc4ccccc34)cc2)cc1. The van der Waals surface area contributed by atoms with E-state index in [0.29, 0.717) is 5.95 Å². The first-order chi connectivity index (χ1) is 29.3. The highest BCUT2D eigenvalue weighted by atomic mass is 16.3. The minimum atomic E-state index is 0.618. The summed E-state index contributed by atoms with van der Waals surface area (Å²) in [6.45, 7) is 0. The van der Waals surface area contributed by atoms with Crippen molar-refractivity contribution in [3.8, 4) is 34.0 Å². The van der Waals surface area contributed by atoms with Gasteiger partial charge >= 0.3 is 0 Å². The third-order valence-corrected chi connectivity index (χ3v) is 12.1. The quantitative estimate of drug-likeness (QED) is 0.180. The highest BCUT2D eigenvalue weighted by Crippen LogP contribution is 2.46. The van der Waals surface area contributed by atoms with E-state index in [0.717, 1.165) is 99.0 Å². The zero-order chi connectivity index (χ0) is 38.6. The summed E-state index contributed by atoms with van der Waals surface area (Å²) in [5.74, 6) is 0.618. The lowest BCUT2D eigenvalue weighted by Gasteiger charge is -2.13. The number of fused-ring (bicyclic) bond motifs is 13. The molecule has 0 N–H and O–H groups in total. The first kappa shape index (κ1) is 32.1. The number of hydrogen-bond donors (Lipinski definition) is 0. The normalized spacial score (nSPS) is 12.1. The maximum Gasteiger partial charge on any atom is 0.235 e. The van der Waals surface area contributed by atoms with Crippen molar-refractivity contribution in [2.45, 2.75) is 0 Å². The molecule has 0 fully saturated rings. The first-order valence-corrected chi connectivity index (χ1v) is 20.0. The fourth-order valence-corrected chi connectivity index (χ4v) is 9.45. The van der Waals surface area contributed by atoms with Gasteiger partial charge in [-0.05, 0) is 70.4 Å². The van der Waals surface area contributed by atoms with Crippen molar-refractivity contribution in [2.24, 2.45) is 0 Å². The molecule has 0 spiro atoms. The van der Waals surface area contributed by atoms with Crippen LogP contribution in [0, 0.1) is 0 Å². The lowest BCUT2D eigenvalue weighted by Crippen LogP contribution is -2.03. The Morgan fingerprint density at radius 2 is 1.05 bits per heavy atom. The first-order valence-electron chi connectivity index (χ1n) is 20.0. The van der Waals surface area contributed by atoms with E-state index < -0.39 is 0 Å². The van der Waals surface area contributed by atoms with Crippen molar-refractivity contribution in [1.82, 2.24) is 19.1 Å². The fraction of sp³-hybridized carbons (Fsp3) is 0. The van der Waals surface area contributed by atoms with Gasteiger partial charge in [-0.15, -0.1) is 0 Å². The van der Waals surface area contributed by atoms with Crippen LogP contribution in [-0.4, -0.2) is 19.1 Å².